The summed E-state index contributed by atoms with van der Waals surface area (Å²) in [5.74, 6) is -2.32. The zero-order valence-corrected chi connectivity index (χ0v) is 22.5. The van der Waals surface area contributed by atoms with Gasteiger partial charge in [-0.1, -0.05) is 33.6 Å². The molecule has 0 spiro atoms. The molecule has 0 fully saturated rings. The number of aliphatic carboxylic acids is 1. The van der Waals surface area contributed by atoms with Gasteiger partial charge in [-0.3, -0.25) is 28.6 Å². The highest BCUT2D eigenvalue weighted by Gasteiger charge is 2.29. The molecule has 0 saturated heterocycles. The summed E-state index contributed by atoms with van der Waals surface area (Å²) in [4.78, 5) is 56.8. The zero-order chi connectivity index (χ0) is 28.1. The van der Waals surface area contributed by atoms with E-state index in [-0.39, 0.29) is 36.8 Å². The van der Waals surface area contributed by atoms with E-state index in [9.17, 15) is 24.3 Å². The first-order chi connectivity index (χ1) is 17.4. The highest BCUT2D eigenvalue weighted by molar-refractivity contribution is 6.40. The van der Waals surface area contributed by atoms with Crippen molar-refractivity contribution in [3.63, 3.8) is 0 Å². The molecule has 0 bridgehead atoms. The molecule has 1 aromatic rings. The van der Waals surface area contributed by atoms with Crippen molar-refractivity contribution in [3.05, 3.63) is 22.2 Å². The lowest BCUT2D eigenvalue weighted by molar-refractivity contribution is -0.140. The van der Waals surface area contributed by atoms with Crippen molar-refractivity contribution in [2.24, 2.45) is 0 Å². The molecule has 1 aromatic heterocycles. The van der Waals surface area contributed by atoms with Gasteiger partial charge in [0.2, 0.25) is 5.91 Å². The van der Waals surface area contributed by atoms with Crippen molar-refractivity contribution in [1.29, 1.82) is 10.8 Å². The van der Waals surface area contributed by atoms with E-state index in [1.165, 1.54) is 17.7 Å². The number of Topliss-reactive ketones (excluding diaryl/α,β-unsaturated/α-hetero) is 1. The number of carboxylic acid groups (broad SMARTS) is 1. The van der Waals surface area contributed by atoms with Crippen molar-refractivity contribution in [2.45, 2.75) is 78.3 Å². The number of carbonyl (C=O) groups is 3. The summed E-state index contributed by atoms with van der Waals surface area (Å²) < 4.78 is 1.23. The summed E-state index contributed by atoms with van der Waals surface area (Å²) in [5.41, 5.74) is -0.0192. The zero-order valence-electron chi connectivity index (χ0n) is 22.5. The Kier molecular flexibility index (Phi) is 13.4. The van der Waals surface area contributed by atoms with Crippen LogP contribution in [0, 0.1) is 10.8 Å². The van der Waals surface area contributed by atoms with Gasteiger partial charge in [0.1, 0.15) is 6.04 Å². The molecule has 0 aliphatic heterocycles. The molecular formula is C25H41N7O5. The predicted octanol–water partition coefficient (Wildman–Crippen LogP) is 1.88. The molecule has 37 heavy (non-hydrogen) atoms. The Hall–Kier alpha value is -3.41. The number of nitrogens with zero attached hydrogens (tertiary/aromatic N) is 3. The molecule has 1 amide bonds. The summed E-state index contributed by atoms with van der Waals surface area (Å²) in [6.07, 6.45) is 4.56. The number of ketones is 1. The predicted molar refractivity (Wildman–Crippen MR) is 143 cm³/mol. The molecule has 0 aliphatic rings. The minimum absolute atomic E-state index is 0.000378. The molecule has 0 saturated carbocycles. The highest BCUT2D eigenvalue weighted by atomic mass is 16.4. The fraction of sp³-hybridized carbons (Fsp3) is 0.640. The van der Waals surface area contributed by atoms with Crippen LogP contribution in [0.15, 0.2) is 11.0 Å². The second-order valence-electron chi connectivity index (χ2n) is 9.10. The molecule has 0 aliphatic carbocycles. The summed E-state index contributed by atoms with van der Waals surface area (Å²) in [5, 5.41) is 30.0. The van der Waals surface area contributed by atoms with Crippen LogP contribution in [0.2, 0.25) is 0 Å². The van der Waals surface area contributed by atoms with Crippen molar-refractivity contribution in [1.82, 2.24) is 19.8 Å². The van der Waals surface area contributed by atoms with Crippen molar-refractivity contribution >= 4 is 34.9 Å². The number of rotatable bonds is 18. The lowest BCUT2D eigenvalue weighted by atomic mass is 10.1. The molecular weight excluding hydrogens is 478 g/mol. The van der Waals surface area contributed by atoms with Crippen LogP contribution < -0.4 is 16.2 Å². The Bertz CT molecular complexity index is 1040. The van der Waals surface area contributed by atoms with Crippen LogP contribution in [0.25, 0.3) is 0 Å². The van der Waals surface area contributed by atoms with Crippen LogP contribution in [0.3, 0.4) is 0 Å². The molecule has 2 atom stereocenters. The van der Waals surface area contributed by atoms with Gasteiger partial charge < -0.3 is 26.6 Å². The molecule has 5 N–H and O–H groups in total. The van der Waals surface area contributed by atoms with Gasteiger partial charge in [0.15, 0.2) is 11.6 Å². The first kappa shape index (κ1) is 31.6. The maximum absolute atomic E-state index is 13.3. The van der Waals surface area contributed by atoms with Gasteiger partial charge in [0.05, 0.1) is 42.7 Å². The molecule has 0 radical (unpaired) electrons. The maximum Gasteiger partial charge on any atom is 0.305 e. The lowest BCUT2D eigenvalue weighted by Gasteiger charge is -2.24. The molecule has 2 unspecified atom stereocenters. The number of likely N-dealkylation sites (N-methyl/N-ethyl adjacent to an activating group) is 1. The number of unbranched alkanes of at least 4 members (excludes halogenated alkanes) is 2. The average molecular weight is 520 g/mol. The van der Waals surface area contributed by atoms with Crippen LogP contribution in [-0.4, -0.2) is 81.4 Å². The smallest absolute Gasteiger partial charge is 0.305 e. The van der Waals surface area contributed by atoms with Crippen molar-refractivity contribution in [3.8, 4) is 0 Å². The number of hydrogen-bond acceptors (Lipinski definition) is 9. The van der Waals surface area contributed by atoms with E-state index < -0.39 is 41.7 Å². The Labute approximate surface area is 217 Å². The Morgan fingerprint density at radius 1 is 1.19 bits per heavy atom. The van der Waals surface area contributed by atoms with Crippen molar-refractivity contribution in [2.75, 3.05) is 32.0 Å². The summed E-state index contributed by atoms with van der Waals surface area (Å²) in [7, 11) is 1.78. The van der Waals surface area contributed by atoms with Gasteiger partial charge in [-0.25, -0.2) is 4.98 Å². The van der Waals surface area contributed by atoms with E-state index in [4.69, 9.17) is 10.8 Å². The molecule has 0 aromatic carbocycles. The van der Waals surface area contributed by atoms with E-state index in [0.29, 0.717) is 18.7 Å². The Morgan fingerprint density at radius 2 is 1.86 bits per heavy atom. The third-order valence-electron chi connectivity index (χ3n) is 5.91. The third kappa shape index (κ3) is 10.2. The summed E-state index contributed by atoms with van der Waals surface area (Å²) in [6, 6.07) is -2.24. The lowest BCUT2D eigenvalue weighted by Crippen LogP contribution is -2.49. The topological polar surface area (TPSA) is 181 Å². The summed E-state index contributed by atoms with van der Waals surface area (Å²) >= 11 is 0. The third-order valence-corrected chi connectivity index (χ3v) is 5.91. The molecule has 12 heteroatoms. The van der Waals surface area contributed by atoms with Gasteiger partial charge in [-0.15, -0.1) is 0 Å². The number of aryl methyl sites for hydroxylation is 1. The Morgan fingerprint density at radius 3 is 2.41 bits per heavy atom. The average Bonchev–Trinajstić information content (AvgIpc) is 2.83. The molecule has 1 heterocycles. The molecule has 12 nitrogen and oxygen atoms in total. The van der Waals surface area contributed by atoms with Gasteiger partial charge in [-0.05, 0) is 39.8 Å². The van der Waals surface area contributed by atoms with E-state index in [1.54, 1.807) is 14.0 Å². The first-order valence-electron chi connectivity index (χ1n) is 12.7. The highest BCUT2D eigenvalue weighted by Crippen LogP contribution is 2.13. The minimum Gasteiger partial charge on any atom is -0.481 e. The van der Waals surface area contributed by atoms with E-state index >= 15 is 0 Å². The number of amides is 1. The maximum atomic E-state index is 13.3. The quantitative estimate of drug-likeness (QED) is 0.144. The van der Waals surface area contributed by atoms with Crippen LogP contribution >= 0.6 is 0 Å². The fourth-order valence-corrected chi connectivity index (χ4v) is 3.67. The van der Waals surface area contributed by atoms with Crippen LogP contribution in [0.1, 0.15) is 71.5 Å². The normalized spacial score (nSPS) is 12.6. The monoisotopic (exact) mass is 519 g/mol. The van der Waals surface area contributed by atoms with Crippen LogP contribution in [0.5, 0.6) is 0 Å². The number of nitrogens with one attached hydrogen (secondary N) is 4. The minimum atomic E-state index is -1.23. The SMILES string of the molecule is CCCCCN(C)CC(=O)C(CC(=O)O)NC(=O)C(CC)n1cc(CC)nc(NCC(=N)C(C)=N)c1=O. The van der Waals surface area contributed by atoms with Gasteiger partial charge in [0.25, 0.3) is 5.56 Å². The number of anilines is 1. The van der Waals surface area contributed by atoms with Crippen LogP contribution in [-0.2, 0) is 20.8 Å². The largest absolute Gasteiger partial charge is 0.481 e. The number of aromatic nitrogens is 2. The second kappa shape index (κ2) is 15.6. The van der Waals surface area contributed by atoms with E-state index in [2.05, 4.69) is 22.5 Å². The van der Waals surface area contributed by atoms with Gasteiger partial charge in [0, 0.05) is 6.20 Å². The van der Waals surface area contributed by atoms with Crippen molar-refractivity contribution < 1.29 is 19.5 Å². The first-order valence-corrected chi connectivity index (χ1v) is 12.7. The van der Waals surface area contributed by atoms with E-state index in [0.717, 1.165) is 19.3 Å². The van der Waals surface area contributed by atoms with E-state index in [1.807, 2.05) is 11.8 Å². The molecule has 1 rings (SSSR count). The fourth-order valence-electron chi connectivity index (χ4n) is 3.67. The Balaban J connectivity index is 3.17. The van der Waals surface area contributed by atoms with Crippen LogP contribution in [0.4, 0.5) is 5.82 Å². The number of carboxylic acids is 1. The standard InChI is InChI=1S/C25H41N7O5/c1-6-9-10-11-31(5)15-21(33)19(12-22(34)35)30-24(36)20(8-3)32-14-17(7-2)29-23(25(32)37)28-13-18(27)16(4)26/h14,19-20,26-27H,6-13,15H2,1-5H3,(H,28,29)(H,30,36)(H,34,35). The summed E-state index contributed by atoms with van der Waals surface area (Å²) in [6.45, 7) is 7.70. The second-order valence-corrected chi connectivity index (χ2v) is 9.10. The van der Waals surface area contributed by atoms with Gasteiger partial charge in [-0.2, -0.15) is 0 Å². The number of carbonyl (C=O) groups excluding carboxylic acids is 2. The van der Waals surface area contributed by atoms with Gasteiger partial charge >= 0.3 is 5.97 Å². The molecule has 206 valence electrons. The number of hydrogen-bond donors (Lipinski definition) is 5.